The molecule has 0 radical (unpaired) electrons. The Morgan fingerprint density at radius 3 is 2.43 bits per heavy atom. The zero-order valence-electron chi connectivity index (χ0n) is 7.16. The summed E-state index contributed by atoms with van der Waals surface area (Å²) in [5.41, 5.74) is 0. The molecule has 0 spiro atoms. The highest BCUT2D eigenvalue weighted by Crippen LogP contribution is 2.24. The Bertz CT molecular complexity index is 250. The van der Waals surface area contributed by atoms with Crippen molar-refractivity contribution < 1.29 is 24.8 Å². The molecule has 0 aliphatic carbocycles. The molecule has 2 aliphatic heterocycles. The van der Waals surface area contributed by atoms with Crippen LogP contribution in [-0.4, -0.2) is 57.7 Å². The second-order valence-corrected chi connectivity index (χ2v) is 3.67. The Hall–Kier alpha value is -0.470. The average Bonchev–Trinajstić information content (AvgIpc) is 2.66. The van der Waals surface area contributed by atoms with E-state index in [9.17, 15) is 10.2 Å². The summed E-state index contributed by atoms with van der Waals surface area (Å²) < 4.78 is 10.1. The maximum Gasteiger partial charge on any atom is 0.257 e. The van der Waals surface area contributed by atoms with Crippen molar-refractivity contribution in [1.29, 1.82) is 0 Å². The van der Waals surface area contributed by atoms with Crippen molar-refractivity contribution in [3.63, 3.8) is 0 Å². The second kappa shape index (κ2) is 3.59. The predicted octanol–water partition coefficient (Wildman–Crippen LogP) is -2.30. The van der Waals surface area contributed by atoms with Gasteiger partial charge in [0.2, 0.25) is 0 Å². The smallest absolute Gasteiger partial charge is 0.257 e. The summed E-state index contributed by atoms with van der Waals surface area (Å²) in [4.78, 5) is 0. The first kappa shape index (κ1) is 10.1. The Labute approximate surface area is 85.4 Å². The van der Waals surface area contributed by atoms with Crippen LogP contribution in [0.5, 0.6) is 0 Å². The monoisotopic (exact) mass is 221 g/mol. The molecule has 0 aromatic heterocycles. The minimum Gasteiger partial charge on any atom is -0.463 e. The molecular formula is C7H11NO5S. The van der Waals surface area contributed by atoms with Gasteiger partial charge in [-0.2, -0.15) is 0 Å². The Kier molecular flexibility index (Phi) is 2.58. The Morgan fingerprint density at radius 2 is 2.00 bits per heavy atom. The number of thiocarbonyl (C=S) groups is 1. The van der Waals surface area contributed by atoms with E-state index in [-0.39, 0.29) is 5.17 Å². The van der Waals surface area contributed by atoms with E-state index in [0.717, 1.165) is 0 Å². The summed E-state index contributed by atoms with van der Waals surface area (Å²) in [6.07, 6.45) is -5.04. The lowest BCUT2D eigenvalue weighted by molar-refractivity contribution is -0.140. The fourth-order valence-corrected chi connectivity index (χ4v) is 1.79. The van der Waals surface area contributed by atoms with Crippen LogP contribution in [0.2, 0.25) is 0 Å². The lowest BCUT2D eigenvalue weighted by Crippen LogP contribution is -2.40. The number of nitrogens with one attached hydrogen (secondary N) is 1. The molecule has 80 valence electrons. The van der Waals surface area contributed by atoms with Gasteiger partial charge in [0, 0.05) is 0 Å². The molecule has 0 bridgehead atoms. The molecule has 0 aromatic rings. The lowest BCUT2D eigenvalue weighted by atomic mass is 10.1. The van der Waals surface area contributed by atoms with Crippen LogP contribution in [0, 0.1) is 0 Å². The summed E-state index contributed by atoms with van der Waals surface area (Å²) in [5.74, 6) is 0. The molecule has 0 aromatic carbocycles. The Balaban J connectivity index is 2.02. The van der Waals surface area contributed by atoms with Crippen LogP contribution in [0.25, 0.3) is 0 Å². The zero-order valence-corrected chi connectivity index (χ0v) is 7.98. The van der Waals surface area contributed by atoms with Gasteiger partial charge in [-0.1, -0.05) is 0 Å². The van der Waals surface area contributed by atoms with Gasteiger partial charge in [0.25, 0.3) is 5.17 Å². The minimum atomic E-state index is -1.37. The van der Waals surface area contributed by atoms with Gasteiger partial charge in [-0.05, 0) is 12.2 Å². The van der Waals surface area contributed by atoms with E-state index in [2.05, 4.69) is 5.32 Å². The van der Waals surface area contributed by atoms with E-state index >= 15 is 0 Å². The third kappa shape index (κ3) is 1.57. The van der Waals surface area contributed by atoms with Crippen molar-refractivity contribution in [1.82, 2.24) is 5.32 Å². The number of hydrogen-bond donors (Lipinski definition) is 4. The first-order chi connectivity index (χ1) is 6.59. The normalized spacial score (nSPS) is 47.6. The van der Waals surface area contributed by atoms with Gasteiger partial charge in [0.05, 0.1) is 6.54 Å². The van der Waals surface area contributed by atoms with E-state index in [4.69, 9.17) is 26.8 Å². The van der Waals surface area contributed by atoms with Gasteiger partial charge in [0.1, 0.15) is 24.4 Å². The van der Waals surface area contributed by atoms with Crippen molar-refractivity contribution in [3.8, 4) is 0 Å². The third-order valence-electron chi connectivity index (χ3n) is 2.35. The highest BCUT2D eigenvalue weighted by Gasteiger charge is 2.47. The van der Waals surface area contributed by atoms with Gasteiger partial charge in [0.15, 0.2) is 6.29 Å². The van der Waals surface area contributed by atoms with Crippen LogP contribution in [0.3, 0.4) is 0 Å². The highest BCUT2D eigenvalue weighted by molar-refractivity contribution is 7.80. The topological polar surface area (TPSA) is 91.2 Å². The number of aliphatic hydroxyl groups excluding tert-OH is 3. The summed E-state index contributed by atoms with van der Waals surface area (Å²) in [5, 5.41) is 30.8. The molecule has 5 atom stereocenters. The average molecular weight is 221 g/mol. The van der Waals surface area contributed by atoms with Crippen molar-refractivity contribution >= 4 is 17.4 Å². The van der Waals surface area contributed by atoms with Gasteiger partial charge in [-0.25, -0.2) is 0 Å². The van der Waals surface area contributed by atoms with E-state index in [1.54, 1.807) is 0 Å². The van der Waals surface area contributed by atoms with Crippen molar-refractivity contribution in [2.24, 2.45) is 0 Å². The van der Waals surface area contributed by atoms with Crippen LogP contribution >= 0.6 is 12.2 Å². The number of ether oxygens (including phenoxy) is 2. The fourth-order valence-electron chi connectivity index (χ4n) is 1.58. The molecule has 2 fully saturated rings. The highest BCUT2D eigenvalue weighted by atomic mass is 32.1. The standard InChI is InChI=1S/C7H11NO5S/c9-3-4(10)6(11)13-5(3)2-1-8-7(14)12-2/h2-6,9-11H,1H2,(H,8,14)/t2-,3-,4+,5-,6?/m1/s1. The second-order valence-electron chi connectivity index (χ2n) is 3.30. The minimum absolute atomic E-state index is 0.238. The molecule has 14 heavy (non-hydrogen) atoms. The third-order valence-corrected chi connectivity index (χ3v) is 2.59. The maximum atomic E-state index is 9.49. The van der Waals surface area contributed by atoms with Crippen LogP contribution in [0.4, 0.5) is 0 Å². The first-order valence-electron chi connectivity index (χ1n) is 4.24. The number of aliphatic hydroxyl groups is 3. The summed E-state index contributed by atoms with van der Waals surface area (Å²) >= 11 is 4.73. The SMILES string of the molecule is OC1O[C@H]([C@H]2CNC(=S)O2)[C@H](O)[C@@H]1O. The van der Waals surface area contributed by atoms with Gasteiger partial charge < -0.3 is 30.1 Å². The largest absolute Gasteiger partial charge is 0.463 e. The van der Waals surface area contributed by atoms with Crippen LogP contribution in [0.15, 0.2) is 0 Å². The van der Waals surface area contributed by atoms with Crippen LogP contribution < -0.4 is 5.32 Å². The van der Waals surface area contributed by atoms with Gasteiger partial charge >= 0.3 is 0 Å². The molecule has 2 saturated heterocycles. The maximum absolute atomic E-state index is 9.49. The van der Waals surface area contributed by atoms with Crippen molar-refractivity contribution in [2.75, 3.05) is 6.54 Å². The van der Waals surface area contributed by atoms with Crippen molar-refractivity contribution in [2.45, 2.75) is 30.7 Å². The molecule has 2 heterocycles. The Morgan fingerprint density at radius 1 is 1.29 bits per heavy atom. The molecule has 6 nitrogen and oxygen atoms in total. The van der Waals surface area contributed by atoms with Crippen molar-refractivity contribution in [3.05, 3.63) is 0 Å². The fraction of sp³-hybridized carbons (Fsp3) is 0.857. The number of hydrogen-bond acceptors (Lipinski definition) is 6. The zero-order chi connectivity index (χ0) is 10.3. The van der Waals surface area contributed by atoms with E-state index in [1.165, 1.54) is 0 Å². The van der Waals surface area contributed by atoms with Gasteiger partial charge in [-0.3, -0.25) is 0 Å². The molecule has 4 N–H and O–H groups in total. The van der Waals surface area contributed by atoms with Gasteiger partial charge in [-0.15, -0.1) is 0 Å². The van der Waals surface area contributed by atoms with Crippen LogP contribution in [0.1, 0.15) is 0 Å². The molecule has 2 rings (SSSR count). The molecular weight excluding hydrogens is 210 g/mol. The van der Waals surface area contributed by atoms with E-state index in [1.807, 2.05) is 0 Å². The molecule has 0 amide bonds. The van der Waals surface area contributed by atoms with E-state index in [0.29, 0.717) is 6.54 Å². The number of rotatable bonds is 1. The summed E-state index contributed by atoms with van der Waals surface area (Å²) in [6, 6.07) is 0. The summed E-state index contributed by atoms with van der Waals surface area (Å²) in [6.45, 7) is 0.403. The molecule has 7 heteroatoms. The molecule has 1 unspecified atom stereocenters. The first-order valence-corrected chi connectivity index (χ1v) is 4.64. The molecule has 2 aliphatic rings. The lowest BCUT2D eigenvalue weighted by Gasteiger charge is -2.19. The quantitative estimate of drug-likeness (QED) is 0.370. The molecule has 0 saturated carbocycles. The van der Waals surface area contributed by atoms with E-state index < -0.39 is 30.7 Å². The predicted molar refractivity (Wildman–Crippen MR) is 48.4 cm³/mol. The summed E-state index contributed by atoms with van der Waals surface area (Å²) in [7, 11) is 0. The van der Waals surface area contributed by atoms with Crippen LogP contribution in [-0.2, 0) is 9.47 Å².